The van der Waals surface area contributed by atoms with Crippen molar-refractivity contribution in [2.75, 3.05) is 13.2 Å². The molecule has 0 spiro atoms. The summed E-state index contributed by atoms with van der Waals surface area (Å²) in [6.07, 6.45) is 2.26. The molecule has 1 fully saturated rings. The number of benzene rings is 1. The van der Waals surface area contributed by atoms with E-state index < -0.39 is 0 Å². The first-order valence-electron chi connectivity index (χ1n) is 6.87. The predicted octanol–water partition coefficient (Wildman–Crippen LogP) is 3.35. The van der Waals surface area contributed by atoms with E-state index >= 15 is 0 Å². The third kappa shape index (κ3) is 5.08. The molecule has 4 atom stereocenters. The van der Waals surface area contributed by atoms with E-state index in [1.54, 1.807) is 0 Å². The molecule has 1 aliphatic rings. The van der Waals surface area contributed by atoms with Gasteiger partial charge in [0.2, 0.25) is 0 Å². The normalized spacial score (nSPS) is 27.6. The molecule has 0 aliphatic carbocycles. The second-order valence-electron chi connectivity index (χ2n) is 4.99. The third-order valence-corrected chi connectivity index (χ3v) is 6.18. The number of rotatable bonds is 7. The van der Waals surface area contributed by atoms with E-state index in [9.17, 15) is 5.11 Å². The molecule has 0 bridgehead atoms. The molecule has 0 radical (unpaired) electrons. The maximum atomic E-state index is 9.22. The quantitative estimate of drug-likeness (QED) is 0.354. The van der Waals surface area contributed by atoms with Crippen LogP contribution in [0.2, 0.25) is 0 Å². The summed E-state index contributed by atoms with van der Waals surface area (Å²) in [6, 6.07) is 10.2. The van der Waals surface area contributed by atoms with Gasteiger partial charge in [0.25, 0.3) is 0 Å². The van der Waals surface area contributed by atoms with Crippen LogP contribution in [0, 0.1) is 0 Å². The first-order valence-corrected chi connectivity index (χ1v) is 9.36. The maximum absolute atomic E-state index is 9.22. The summed E-state index contributed by atoms with van der Waals surface area (Å²) in [6.45, 7) is 1.54. The van der Waals surface area contributed by atoms with E-state index in [2.05, 4.69) is 57.3 Å². The van der Waals surface area contributed by atoms with Gasteiger partial charge in [-0.05, 0) is 18.4 Å². The van der Waals surface area contributed by atoms with Crippen molar-refractivity contribution in [1.29, 1.82) is 0 Å². The number of aliphatic hydroxyl groups is 1. The van der Waals surface area contributed by atoms with Gasteiger partial charge in [-0.3, -0.25) is 0 Å². The average Bonchev–Trinajstić information content (AvgIpc) is 2.86. The van der Waals surface area contributed by atoms with Crippen LogP contribution >= 0.6 is 45.2 Å². The molecule has 0 aromatic heterocycles. The van der Waals surface area contributed by atoms with Crippen LogP contribution in [0.15, 0.2) is 30.3 Å². The molecule has 0 saturated carbocycles. The molecule has 0 amide bonds. The summed E-state index contributed by atoms with van der Waals surface area (Å²) in [5.41, 5.74) is 1.21. The number of hydrogen-bond donors (Lipinski definition) is 1. The van der Waals surface area contributed by atoms with Crippen LogP contribution < -0.4 is 0 Å². The molecule has 1 aromatic rings. The third-order valence-electron chi connectivity index (χ3n) is 3.44. The lowest BCUT2D eigenvalue weighted by molar-refractivity contribution is 0.0106. The lowest BCUT2D eigenvalue weighted by Crippen LogP contribution is -2.24. The van der Waals surface area contributed by atoms with E-state index in [0.29, 0.717) is 14.5 Å². The molecule has 112 valence electrons. The van der Waals surface area contributed by atoms with Gasteiger partial charge in [0, 0.05) is 14.5 Å². The topological polar surface area (TPSA) is 38.7 Å². The molecule has 5 heteroatoms. The largest absolute Gasteiger partial charge is 0.394 e. The molecular weight excluding hydrogens is 482 g/mol. The predicted molar refractivity (Wildman–Crippen MR) is 96.7 cm³/mol. The van der Waals surface area contributed by atoms with Crippen LogP contribution in [0.4, 0.5) is 0 Å². The van der Waals surface area contributed by atoms with Gasteiger partial charge in [-0.15, -0.1) is 0 Å². The van der Waals surface area contributed by atoms with Crippen molar-refractivity contribution in [3.63, 3.8) is 0 Å². The van der Waals surface area contributed by atoms with Crippen molar-refractivity contribution >= 4 is 45.2 Å². The smallest absolute Gasteiger partial charge is 0.0928 e. The highest BCUT2D eigenvalue weighted by Crippen LogP contribution is 2.32. The highest BCUT2D eigenvalue weighted by molar-refractivity contribution is 14.1. The zero-order valence-electron chi connectivity index (χ0n) is 11.3. The Kier molecular flexibility index (Phi) is 7.51. The number of halogens is 2. The standard InChI is InChI=1S/C15H20I2O3/c16-12(14-8-13(17)15(9-18)20-14)6-7-19-10-11-4-2-1-3-5-11/h1-5,12-15,18H,6-10H2. The number of aliphatic hydroxyl groups excluding tert-OH is 1. The van der Waals surface area contributed by atoms with Crippen LogP contribution in [0.1, 0.15) is 18.4 Å². The van der Waals surface area contributed by atoms with Crippen molar-refractivity contribution in [2.45, 2.75) is 39.5 Å². The zero-order chi connectivity index (χ0) is 14.4. The first-order chi connectivity index (χ1) is 9.70. The van der Waals surface area contributed by atoms with Crippen molar-refractivity contribution in [1.82, 2.24) is 0 Å². The Labute approximate surface area is 147 Å². The fourth-order valence-corrected chi connectivity index (χ4v) is 3.89. The lowest BCUT2D eigenvalue weighted by Gasteiger charge is -2.18. The van der Waals surface area contributed by atoms with Gasteiger partial charge in [-0.25, -0.2) is 0 Å². The minimum absolute atomic E-state index is 0.00287. The molecule has 1 N–H and O–H groups in total. The fourth-order valence-electron chi connectivity index (χ4n) is 2.28. The molecule has 4 unspecified atom stereocenters. The van der Waals surface area contributed by atoms with Crippen LogP contribution in [-0.2, 0) is 16.1 Å². The van der Waals surface area contributed by atoms with E-state index in [4.69, 9.17) is 9.47 Å². The van der Waals surface area contributed by atoms with Gasteiger partial charge in [0.05, 0.1) is 25.4 Å². The zero-order valence-corrected chi connectivity index (χ0v) is 15.6. The summed E-state index contributed by atoms with van der Waals surface area (Å²) in [5.74, 6) is 0. The summed E-state index contributed by atoms with van der Waals surface area (Å²) < 4.78 is 12.5. The lowest BCUT2D eigenvalue weighted by atomic mass is 10.1. The minimum Gasteiger partial charge on any atom is -0.394 e. The highest BCUT2D eigenvalue weighted by atomic mass is 127. The van der Waals surface area contributed by atoms with Gasteiger partial charge in [-0.1, -0.05) is 75.5 Å². The molecule has 1 saturated heterocycles. The SMILES string of the molecule is OCC1OC(C(I)CCOCc2ccccc2)CC1I. The van der Waals surface area contributed by atoms with E-state index in [1.807, 2.05) is 18.2 Å². The number of alkyl halides is 2. The molecule has 1 heterocycles. The van der Waals surface area contributed by atoms with Crippen LogP contribution in [0.5, 0.6) is 0 Å². The van der Waals surface area contributed by atoms with Crippen LogP contribution in [0.25, 0.3) is 0 Å². The van der Waals surface area contributed by atoms with Gasteiger partial charge in [0.15, 0.2) is 0 Å². The average molecular weight is 502 g/mol. The molecule has 20 heavy (non-hydrogen) atoms. The summed E-state index contributed by atoms with van der Waals surface area (Å²) >= 11 is 4.82. The van der Waals surface area contributed by atoms with Crippen LogP contribution in [-0.4, -0.2) is 38.4 Å². The van der Waals surface area contributed by atoms with Gasteiger partial charge in [0.1, 0.15) is 0 Å². The summed E-state index contributed by atoms with van der Waals surface area (Å²) in [5, 5.41) is 9.22. The Morgan fingerprint density at radius 3 is 2.75 bits per heavy atom. The molecule has 1 aliphatic heterocycles. The maximum Gasteiger partial charge on any atom is 0.0928 e. The minimum atomic E-state index is 0.00287. The Bertz CT molecular complexity index is 388. The van der Waals surface area contributed by atoms with Gasteiger partial charge >= 0.3 is 0 Å². The van der Waals surface area contributed by atoms with Crippen molar-refractivity contribution in [3.8, 4) is 0 Å². The molecular formula is C15H20I2O3. The first kappa shape index (κ1) is 16.9. The Balaban J connectivity index is 1.64. The Morgan fingerprint density at radius 1 is 1.35 bits per heavy atom. The van der Waals surface area contributed by atoms with Crippen LogP contribution in [0.3, 0.4) is 0 Å². The molecule has 2 rings (SSSR count). The van der Waals surface area contributed by atoms with E-state index in [1.165, 1.54) is 5.56 Å². The molecule has 3 nitrogen and oxygen atoms in total. The van der Waals surface area contributed by atoms with Crippen molar-refractivity contribution in [3.05, 3.63) is 35.9 Å². The van der Waals surface area contributed by atoms with Gasteiger partial charge in [-0.2, -0.15) is 0 Å². The second-order valence-corrected chi connectivity index (χ2v) is 8.19. The van der Waals surface area contributed by atoms with Gasteiger partial charge < -0.3 is 14.6 Å². The summed E-state index contributed by atoms with van der Waals surface area (Å²) in [4.78, 5) is 0. The molecule has 1 aromatic carbocycles. The number of hydrogen-bond acceptors (Lipinski definition) is 3. The highest BCUT2D eigenvalue weighted by Gasteiger charge is 2.36. The summed E-state index contributed by atoms with van der Waals surface area (Å²) in [7, 11) is 0. The Morgan fingerprint density at radius 2 is 2.10 bits per heavy atom. The second kappa shape index (κ2) is 8.87. The monoisotopic (exact) mass is 502 g/mol. The number of ether oxygens (including phenoxy) is 2. The van der Waals surface area contributed by atoms with Crippen molar-refractivity contribution < 1.29 is 14.6 Å². The van der Waals surface area contributed by atoms with E-state index in [-0.39, 0.29) is 18.8 Å². The van der Waals surface area contributed by atoms with E-state index in [0.717, 1.165) is 19.4 Å². The Hall–Kier alpha value is 0.560. The van der Waals surface area contributed by atoms with Crippen molar-refractivity contribution in [2.24, 2.45) is 0 Å². The fraction of sp³-hybridized carbons (Fsp3) is 0.600.